The molecule has 2 aromatic rings. The first-order chi connectivity index (χ1) is 7.20. The average molecular weight is 203 g/mol. The SMILES string of the molecule is COc1cc(-c2cc(N)n[nH]2)ccc1C. The molecule has 4 heteroatoms. The van der Waals surface area contributed by atoms with Crippen molar-refractivity contribution < 1.29 is 4.74 Å². The predicted octanol–water partition coefficient (Wildman–Crippen LogP) is 1.98. The lowest BCUT2D eigenvalue weighted by atomic mass is 10.1. The number of nitrogen functional groups attached to an aromatic ring is 1. The molecule has 1 aromatic heterocycles. The summed E-state index contributed by atoms with van der Waals surface area (Å²) >= 11 is 0. The molecule has 3 N–H and O–H groups in total. The van der Waals surface area contributed by atoms with E-state index in [4.69, 9.17) is 10.5 Å². The largest absolute Gasteiger partial charge is 0.496 e. The normalized spacial score (nSPS) is 10.3. The van der Waals surface area contributed by atoms with Crippen LogP contribution in [0.15, 0.2) is 24.3 Å². The highest BCUT2D eigenvalue weighted by molar-refractivity contribution is 5.64. The van der Waals surface area contributed by atoms with Crippen LogP contribution in [0.1, 0.15) is 5.56 Å². The van der Waals surface area contributed by atoms with Gasteiger partial charge in [0.2, 0.25) is 0 Å². The van der Waals surface area contributed by atoms with Crippen molar-refractivity contribution in [3.63, 3.8) is 0 Å². The number of hydrogen-bond donors (Lipinski definition) is 2. The third kappa shape index (κ3) is 1.79. The average Bonchev–Trinajstić information content (AvgIpc) is 2.66. The third-order valence-corrected chi connectivity index (χ3v) is 2.32. The van der Waals surface area contributed by atoms with Crippen LogP contribution in [-0.4, -0.2) is 17.3 Å². The van der Waals surface area contributed by atoms with Gasteiger partial charge in [-0.1, -0.05) is 12.1 Å². The van der Waals surface area contributed by atoms with E-state index in [9.17, 15) is 0 Å². The highest BCUT2D eigenvalue weighted by Gasteiger charge is 2.04. The first-order valence-electron chi connectivity index (χ1n) is 4.66. The van der Waals surface area contributed by atoms with Gasteiger partial charge >= 0.3 is 0 Å². The van der Waals surface area contributed by atoms with E-state index in [2.05, 4.69) is 10.2 Å². The van der Waals surface area contributed by atoms with Crippen molar-refractivity contribution in [2.24, 2.45) is 0 Å². The zero-order valence-corrected chi connectivity index (χ0v) is 8.74. The van der Waals surface area contributed by atoms with Gasteiger partial charge < -0.3 is 10.5 Å². The maximum Gasteiger partial charge on any atom is 0.145 e. The van der Waals surface area contributed by atoms with E-state index in [0.29, 0.717) is 5.82 Å². The summed E-state index contributed by atoms with van der Waals surface area (Å²) < 4.78 is 5.25. The van der Waals surface area contributed by atoms with Gasteiger partial charge in [-0.15, -0.1) is 0 Å². The van der Waals surface area contributed by atoms with Crippen LogP contribution >= 0.6 is 0 Å². The molecule has 15 heavy (non-hydrogen) atoms. The minimum absolute atomic E-state index is 0.490. The molecular weight excluding hydrogens is 190 g/mol. The molecule has 0 bridgehead atoms. The Morgan fingerprint density at radius 2 is 2.13 bits per heavy atom. The van der Waals surface area contributed by atoms with Gasteiger partial charge in [-0.05, 0) is 18.6 Å². The summed E-state index contributed by atoms with van der Waals surface area (Å²) in [5.74, 6) is 1.35. The van der Waals surface area contributed by atoms with E-state index in [1.807, 2.05) is 25.1 Å². The lowest BCUT2D eigenvalue weighted by Gasteiger charge is -2.05. The number of anilines is 1. The molecule has 0 radical (unpaired) electrons. The summed E-state index contributed by atoms with van der Waals surface area (Å²) in [7, 11) is 1.66. The number of hydrogen-bond acceptors (Lipinski definition) is 3. The zero-order chi connectivity index (χ0) is 10.8. The highest BCUT2D eigenvalue weighted by atomic mass is 16.5. The molecule has 0 atom stereocenters. The highest BCUT2D eigenvalue weighted by Crippen LogP contribution is 2.26. The summed E-state index contributed by atoms with van der Waals surface area (Å²) in [5, 5.41) is 6.74. The van der Waals surface area contributed by atoms with Crippen molar-refractivity contribution in [1.29, 1.82) is 0 Å². The summed E-state index contributed by atoms with van der Waals surface area (Å²) in [6.45, 7) is 2.00. The van der Waals surface area contributed by atoms with Gasteiger partial charge in [0.1, 0.15) is 11.6 Å². The van der Waals surface area contributed by atoms with Crippen LogP contribution in [0.5, 0.6) is 5.75 Å². The van der Waals surface area contributed by atoms with E-state index in [0.717, 1.165) is 22.6 Å². The first-order valence-corrected chi connectivity index (χ1v) is 4.66. The van der Waals surface area contributed by atoms with Crippen LogP contribution in [-0.2, 0) is 0 Å². The number of H-pyrrole nitrogens is 1. The number of nitrogens with one attached hydrogen (secondary N) is 1. The summed E-state index contributed by atoms with van der Waals surface area (Å²) in [6.07, 6.45) is 0. The monoisotopic (exact) mass is 203 g/mol. The first kappa shape index (κ1) is 9.58. The standard InChI is InChI=1S/C11H13N3O/c1-7-3-4-8(5-10(7)15-2)9-6-11(12)14-13-9/h3-6H,1-2H3,(H3,12,13,14). The maximum absolute atomic E-state index is 5.54. The van der Waals surface area contributed by atoms with Gasteiger partial charge in [-0.25, -0.2) is 0 Å². The van der Waals surface area contributed by atoms with Gasteiger partial charge in [0.15, 0.2) is 0 Å². The number of aromatic nitrogens is 2. The number of nitrogens with two attached hydrogens (primary N) is 1. The molecule has 0 unspecified atom stereocenters. The molecule has 0 aliphatic carbocycles. The number of methoxy groups -OCH3 is 1. The van der Waals surface area contributed by atoms with Crippen molar-refractivity contribution in [1.82, 2.24) is 10.2 Å². The van der Waals surface area contributed by atoms with E-state index < -0.39 is 0 Å². The van der Waals surface area contributed by atoms with Gasteiger partial charge in [0, 0.05) is 11.6 Å². The van der Waals surface area contributed by atoms with Crippen molar-refractivity contribution in [2.75, 3.05) is 12.8 Å². The Labute approximate surface area is 88.1 Å². The topological polar surface area (TPSA) is 63.9 Å². The summed E-state index contributed by atoms with van der Waals surface area (Å²) in [6, 6.07) is 7.77. The van der Waals surface area contributed by atoms with Crippen LogP contribution in [0, 0.1) is 6.92 Å². The van der Waals surface area contributed by atoms with Crippen LogP contribution < -0.4 is 10.5 Å². The molecule has 2 rings (SSSR count). The van der Waals surface area contributed by atoms with Gasteiger partial charge in [-0.2, -0.15) is 5.10 Å². The van der Waals surface area contributed by atoms with E-state index >= 15 is 0 Å². The zero-order valence-electron chi connectivity index (χ0n) is 8.74. The quantitative estimate of drug-likeness (QED) is 0.784. The fraction of sp³-hybridized carbons (Fsp3) is 0.182. The number of aryl methyl sites for hydroxylation is 1. The second-order valence-electron chi connectivity index (χ2n) is 3.39. The molecule has 0 saturated carbocycles. The molecule has 78 valence electrons. The van der Waals surface area contributed by atoms with Crippen LogP contribution in [0.4, 0.5) is 5.82 Å². The third-order valence-electron chi connectivity index (χ3n) is 2.32. The Kier molecular flexibility index (Phi) is 2.33. The minimum Gasteiger partial charge on any atom is -0.496 e. The Balaban J connectivity index is 2.45. The Bertz CT molecular complexity index is 476. The summed E-state index contributed by atoms with van der Waals surface area (Å²) in [4.78, 5) is 0. The number of aromatic amines is 1. The molecule has 0 fully saturated rings. The van der Waals surface area contributed by atoms with Gasteiger partial charge in [-0.3, -0.25) is 5.10 Å². The number of rotatable bonds is 2. The second-order valence-corrected chi connectivity index (χ2v) is 3.39. The molecule has 0 amide bonds. The van der Waals surface area contributed by atoms with Crippen molar-refractivity contribution in [3.05, 3.63) is 29.8 Å². The molecular formula is C11H13N3O. The predicted molar refractivity (Wildman–Crippen MR) is 59.7 cm³/mol. The van der Waals surface area contributed by atoms with Crippen LogP contribution in [0.25, 0.3) is 11.3 Å². The van der Waals surface area contributed by atoms with Crippen molar-refractivity contribution in [2.45, 2.75) is 6.92 Å². The van der Waals surface area contributed by atoms with Crippen molar-refractivity contribution >= 4 is 5.82 Å². The Morgan fingerprint density at radius 3 is 2.73 bits per heavy atom. The number of benzene rings is 1. The molecule has 1 heterocycles. The lowest BCUT2D eigenvalue weighted by molar-refractivity contribution is 0.412. The van der Waals surface area contributed by atoms with Crippen LogP contribution in [0.3, 0.4) is 0 Å². The molecule has 4 nitrogen and oxygen atoms in total. The lowest BCUT2D eigenvalue weighted by Crippen LogP contribution is -1.88. The smallest absolute Gasteiger partial charge is 0.145 e. The Morgan fingerprint density at radius 1 is 1.33 bits per heavy atom. The fourth-order valence-electron chi connectivity index (χ4n) is 1.47. The van der Waals surface area contributed by atoms with E-state index in [1.165, 1.54) is 0 Å². The number of ether oxygens (including phenoxy) is 1. The molecule has 1 aromatic carbocycles. The summed E-state index contributed by atoms with van der Waals surface area (Å²) in [5.41, 5.74) is 8.56. The van der Waals surface area contributed by atoms with E-state index in [1.54, 1.807) is 13.2 Å². The van der Waals surface area contributed by atoms with Crippen molar-refractivity contribution in [3.8, 4) is 17.0 Å². The second kappa shape index (κ2) is 3.65. The van der Waals surface area contributed by atoms with E-state index in [-0.39, 0.29) is 0 Å². The molecule has 0 spiro atoms. The fourth-order valence-corrected chi connectivity index (χ4v) is 1.47. The molecule has 0 saturated heterocycles. The number of nitrogens with zero attached hydrogens (tertiary/aromatic N) is 1. The molecule has 0 aliphatic heterocycles. The maximum atomic E-state index is 5.54. The molecule has 0 aliphatic rings. The van der Waals surface area contributed by atoms with Crippen LogP contribution in [0.2, 0.25) is 0 Å². The van der Waals surface area contributed by atoms with Gasteiger partial charge in [0.25, 0.3) is 0 Å². The Hall–Kier alpha value is -1.97. The van der Waals surface area contributed by atoms with Gasteiger partial charge in [0.05, 0.1) is 12.8 Å². The minimum atomic E-state index is 0.490.